The Morgan fingerprint density at radius 3 is 2.43 bits per heavy atom. The first kappa shape index (κ1) is 15.3. The molecule has 21 heavy (non-hydrogen) atoms. The minimum Gasteiger partial charge on any atom is -0.393 e. The molecule has 0 heterocycles. The lowest BCUT2D eigenvalue weighted by molar-refractivity contribution is -0.387. The third-order valence-corrected chi connectivity index (χ3v) is 3.51. The highest BCUT2D eigenvalue weighted by Crippen LogP contribution is 2.23. The summed E-state index contributed by atoms with van der Waals surface area (Å²) in [6.45, 7) is 0. The summed E-state index contributed by atoms with van der Waals surface area (Å²) >= 11 is 0. The topological polar surface area (TPSA) is 92.5 Å². The van der Waals surface area contributed by atoms with Crippen molar-refractivity contribution in [2.24, 2.45) is 0 Å². The number of nitrogens with zero attached hydrogens (tertiary/aromatic N) is 1. The Labute approximate surface area is 118 Å². The number of aliphatic hydroxyl groups excluding tert-OH is 1. The van der Waals surface area contributed by atoms with E-state index in [0.717, 1.165) is 0 Å². The van der Waals surface area contributed by atoms with Crippen molar-refractivity contribution in [3.8, 4) is 0 Å². The molecule has 2 rings (SSSR count). The van der Waals surface area contributed by atoms with Crippen LogP contribution in [0.3, 0.4) is 0 Å². The molecule has 0 atom stereocenters. The maximum atomic E-state index is 13.6. The molecule has 1 aliphatic carbocycles. The van der Waals surface area contributed by atoms with E-state index < -0.39 is 39.8 Å². The Balaban J connectivity index is 2.15. The second-order valence-corrected chi connectivity index (χ2v) is 5.02. The molecule has 0 aliphatic heterocycles. The summed E-state index contributed by atoms with van der Waals surface area (Å²) in [4.78, 5) is 21.5. The van der Waals surface area contributed by atoms with Crippen molar-refractivity contribution in [3.63, 3.8) is 0 Å². The zero-order valence-corrected chi connectivity index (χ0v) is 11.0. The number of carbonyl (C=O) groups excluding carboxylic acids is 1. The van der Waals surface area contributed by atoms with E-state index in [0.29, 0.717) is 37.8 Å². The average molecular weight is 300 g/mol. The van der Waals surface area contributed by atoms with Gasteiger partial charge in [-0.05, 0) is 25.7 Å². The van der Waals surface area contributed by atoms with E-state index in [1.165, 1.54) is 0 Å². The summed E-state index contributed by atoms with van der Waals surface area (Å²) in [6.07, 6.45) is 1.73. The van der Waals surface area contributed by atoms with Gasteiger partial charge >= 0.3 is 5.69 Å². The molecule has 1 aromatic rings. The van der Waals surface area contributed by atoms with Crippen molar-refractivity contribution in [2.75, 3.05) is 0 Å². The van der Waals surface area contributed by atoms with E-state index in [1.807, 2.05) is 0 Å². The molecule has 114 valence electrons. The van der Waals surface area contributed by atoms with Gasteiger partial charge in [-0.2, -0.15) is 4.39 Å². The lowest BCUT2D eigenvalue weighted by atomic mass is 9.93. The number of hydrogen-bond donors (Lipinski definition) is 2. The SMILES string of the molecule is O=C(NC1CCC(O)CC1)c1cc([N+](=O)[O-])c(F)cc1F. The van der Waals surface area contributed by atoms with Crippen LogP contribution in [0, 0.1) is 21.7 Å². The average Bonchev–Trinajstić information content (AvgIpc) is 2.40. The normalized spacial score (nSPS) is 21.9. The zero-order chi connectivity index (χ0) is 15.6. The number of nitrogens with one attached hydrogen (secondary N) is 1. The molecule has 2 N–H and O–H groups in total. The van der Waals surface area contributed by atoms with Crippen molar-refractivity contribution >= 4 is 11.6 Å². The van der Waals surface area contributed by atoms with Gasteiger partial charge in [-0.1, -0.05) is 0 Å². The third-order valence-electron chi connectivity index (χ3n) is 3.51. The molecule has 1 amide bonds. The Hall–Kier alpha value is -2.09. The predicted molar refractivity (Wildman–Crippen MR) is 68.7 cm³/mol. The fraction of sp³-hybridized carbons (Fsp3) is 0.462. The summed E-state index contributed by atoms with van der Waals surface area (Å²) in [5.74, 6) is -3.29. The quantitative estimate of drug-likeness (QED) is 0.658. The third kappa shape index (κ3) is 3.52. The molecular weight excluding hydrogens is 286 g/mol. The van der Waals surface area contributed by atoms with E-state index >= 15 is 0 Å². The van der Waals surface area contributed by atoms with Gasteiger partial charge in [0.15, 0.2) is 0 Å². The Morgan fingerprint density at radius 1 is 1.24 bits per heavy atom. The van der Waals surface area contributed by atoms with Gasteiger partial charge in [0.25, 0.3) is 5.91 Å². The monoisotopic (exact) mass is 300 g/mol. The summed E-state index contributed by atoms with van der Waals surface area (Å²) < 4.78 is 26.8. The van der Waals surface area contributed by atoms with Crippen LogP contribution >= 0.6 is 0 Å². The van der Waals surface area contributed by atoms with Gasteiger partial charge in [-0.25, -0.2) is 4.39 Å². The van der Waals surface area contributed by atoms with Crippen molar-refractivity contribution in [2.45, 2.75) is 37.8 Å². The van der Waals surface area contributed by atoms with Crippen LogP contribution in [-0.2, 0) is 0 Å². The van der Waals surface area contributed by atoms with Gasteiger partial charge in [0.1, 0.15) is 5.82 Å². The molecule has 0 bridgehead atoms. The number of nitro benzene ring substituents is 1. The molecule has 6 nitrogen and oxygen atoms in total. The Bertz CT molecular complexity index is 572. The fourth-order valence-corrected chi connectivity index (χ4v) is 2.33. The lowest BCUT2D eigenvalue weighted by Gasteiger charge is -2.26. The van der Waals surface area contributed by atoms with E-state index in [9.17, 15) is 28.8 Å². The van der Waals surface area contributed by atoms with Crippen LogP contribution in [0.1, 0.15) is 36.0 Å². The molecule has 0 saturated heterocycles. The molecule has 0 spiro atoms. The van der Waals surface area contributed by atoms with Gasteiger partial charge in [0.05, 0.1) is 16.6 Å². The number of halogens is 2. The van der Waals surface area contributed by atoms with Gasteiger partial charge < -0.3 is 10.4 Å². The smallest absolute Gasteiger partial charge is 0.305 e. The largest absolute Gasteiger partial charge is 0.393 e. The number of amides is 1. The van der Waals surface area contributed by atoms with Crippen LogP contribution in [0.5, 0.6) is 0 Å². The number of nitro groups is 1. The summed E-state index contributed by atoms with van der Waals surface area (Å²) in [6, 6.07) is 0.694. The Kier molecular flexibility index (Phi) is 4.46. The van der Waals surface area contributed by atoms with Crippen LogP contribution in [-0.4, -0.2) is 28.1 Å². The van der Waals surface area contributed by atoms with Crippen LogP contribution < -0.4 is 5.32 Å². The molecule has 1 fully saturated rings. The predicted octanol–water partition coefficient (Wildman–Crippen LogP) is 1.91. The van der Waals surface area contributed by atoms with Crippen molar-refractivity contribution < 1.29 is 23.6 Å². The highest BCUT2D eigenvalue weighted by atomic mass is 19.1. The van der Waals surface area contributed by atoms with E-state index in [-0.39, 0.29) is 6.04 Å². The molecule has 1 aromatic carbocycles. The van der Waals surface area contributed by atoms with Gasteiger partial charge in [0, 0.05) is 18.2 Å². The number of hydrogen-bond acceptors (Lipinski definition) is 4. The first-order chi connectivity index (χ1) is 9.88. The molecule has 1 aliphatic rings. The van der Waals surface area contributed by atoms with Gasteiger partial charge in [-0.3, -0.25) is 14.9 Å². The highest BCUT2D eigenvalue weighted by molar-refractivity contribution is 5.95. The minimum atomic E-state index is -1.32. The van der Waals surface area contributed by atoms with Crippen molar-refractivity contribution in [3.05, 3.63) is 39.4 Å². The fourth-order valence-electron chi connectivity index (χ4n) is 2.33. The molecule has 8 heteroatoms. The number of rotatable bonds is 3. The summed E-state index contributed by atoms with van der Waals surface area (Å²) in [5, 5.41) is 22.5. The standard InChI is InChI=1S/C13H14F2N2O4/c14-10-6-11(15)12(17(20)21)5-9(10)13(19)16-7-1-3-8(18)4-2-7/h5-8,18H,1-4H2,(H,16,19). The maximum Gasteiger partial charge on any atom is 0.305 e. The van der Waals surface area contributed by atoms with Crippen molar-refractivity contribution in [1.82, 2.24) is 5.32 Å². The second kappa shape index (κ2) is 6.13. The second-order valence-electron chi connectivity index (χ2n) is 5.02. The molecule has 0 aromatic heterocycles. The van der Waals surface area contributed by atoms with Gasteiger partial charge in [0.2, 0.25) is 5.82 Å². The zero-order valence-electron chi connectivity index (χ0n) is 11.0. The first-order valence-electron chi connectivity index (χ1n) is 6.51. The van der Waals surface area contributed by atoms with Crippen LogP contribution in [0.25, 0.3) is 0 Å². The summed E-state index contributed by atoms with van der Waals surface area (Å²) in [5.41, 5.74) is -1.50. The Morgan fingerprint density at radius 2 is 1.86 bits per heavy atom. The van der Waals surface area contributed by atoms with Crippen molar-refractivity contribution in [1.29, 1.82) is 0 Å². The number of benzene rings is 1. The highest BCUT2D eigenvalue weighted by Gasteiger charge is 2.25. The molecule has 0 radical (unpaired) electrons. The number of carbonyl (C=O) groups is 1. The van der Waals surface area contributed by atoms with E-state index in [2.05, 4.69) is 5.32 Å². The van der Waals surface area contributed by atoms with Crippen LogP contribution in [0.4, 0.5) is 14.5 Å². The maximum absolute atomic E-state index is 13.6. The molecule has 1 saturated carbocycles. The lowest BCUT2D eigenvalue weighted by Crippen LogP contribution is -2.39. The van der Waals surface area contributed by atoms with Crippen LogP contribution in [0.15, 0.2) is 12.1 Å². The van der Waals surface area contributed by atoms with Crippen LogP contribution in [0.2, 0.25) is 0 Å². The summed E-state index contributed by atoms with van der Waals surface area (Å²) in [7, 11) is 0. The molecule has 0 unspecified atom stereocenters. The van der Waals surface area contributed by atoms with Gasteiger partial charge in [-0.15, -0.1) is 0 Å². The van der Waals surface area contributed by atoms with E-state index in [4.69, 9.17) is 0 Å². The molecular formula is C13H14F2N2O4. The minimum absolute atomic E-state index is 0.232. The van der Waals surface area contributed by atoms with E-state index in [1.54, 1.807) is 0 Å². The first-order valence-corrected chi connectivity index (χ1v) is 6.51. The number of aliphatic hydroxyl groups is 1.